The molecule has 0 aromatic carbocycles. The van der Waals surface area contributed by atoms with Gasteiger partial charge in [-0.3, -0.25) is 14.5 Å². The average Bonchev–Trinajstić information content (AvgIpc) is 2.36. The largest absolute Gasteiger partial charge is 0.480 e. The van der Waals surface area contributed by atoms with Gasteiger partial charge in [0.05, 0.1) is 0 Å². The molecule has 1 amide bonds. The summed E-state index contributed by atoms with van der Waals surface area (Å²) in [6.45, 7) is 0. The van der Waals surface area contributed by atoms with Crippen molar-refractivity contribution in [2.45, 2.75) is 12.1 Å². The standard InChI is InChI=1S/C11H13N3O4/c1-12-7(11(16)17)8-10(15)14(2)9-6(18-8)4-3-5-13-9/h3-5,7-8,12H,1-2H3,(H,16,17). The Bertz CT molecular complexity index is 491. The van der Waals surface area contributed by atoms with Crippen LogP contribution in [0.3, 0.4) is 0 Å². The number of pyridine rings is 1. The van der Waals surface area contributed by atoms with E-state index in [4.69, 9.17) is 9.84 Å². The number of amides is 1. The van der Waals surface area contributed by atoms with Crippen LogP contribution in [0.15, 0.2) is 18.3 Å². The van der Waals surface area contributed by atoms with Crippen molar-refractivity contribution in [2.75, 3.05) is 19.0 Å². The molecule has 2 N–H and O–H groups in total. The molecule has 1 aromatic heterocycles. The van der Waals surface area contributed by atoms with E-state index in [1.165, 1.54) is 19.0 Å². The molecule has 2 heterocycles. The summed E-state index contributed by atoms with van der Waals surface area (Å²) in [5.74, 6) is -0.801. The van der Waals surface area contributed by atoms with E-state index in [-0.39, 0.29) is 0 Å². The number of rotatable bonds is 3. The molecule has 2 atom stereocenters. The van der Waals surface area contributed by atoms with E-state index in [1.54, 1.807) is 18.3 Å². The molecule has 0 fully saturated rings. The van der Waals surface area contributed by atoms with Crippen LogP contribution in [0.2, 0.25) is 0 Å². The van der Waals surface area contributed by atoms with Gasteiger partial charge < -0.3 is 15.2 Å². The summed E-state index contributed by atoms with van der Waals surface area (Å²) >= 11 is 0. The SMILES string of the molecule is CNC(C(=O)O)C1Oc2cccnc2N(C)C1=O. The van der Waals surface area contributed by atoms with Crippen LogP contribution in [0.25, 0.3) is 0 Å². The van der Waals surface area contributed by atoms with Crippen LogP contribution in [0.1, 0.15) is 0 Å². The molecule has 7 heteroatoms. The first-order chi connectivity index (χ1) is 8.56. The Morgan fingerprint density at radius 3 is 3.00 bits per heavy atom. The summed E-state index contributed by atoms with van der Waals surface area (Å²) in [5, 5.41) is 11.6. The fraction of sp³-hybridized carbons (Fsp3) is 0.364. The molecule has 0 spiro atoms. The monoisotopic (exact) mass is 251 g/mol. The minimum absolute atomic E-state index is 0.388. The van der Waals surface area contributed by atoms with Crippen LogP contribution in [-0.4, -0.2) is 48.2 Å². The van der Waals surface area contributed by atoms with Crippen molar-refractivity contribution in [1.82, 2.24) is 10.3 Å². The first-order valence-electron chi connectivity index (χ1n) is 5.35. The van der Waals surface area contributed by atoms with Gasteiger partial charge in [-0.1, -0.05) is 0 Å². The number of carboxylic acids is 1. The molecule has 2 unspecified atom stereocenters. The number of nitrogens with one attached hydrogen (secondary N) is 1. The van der Waals surface area contributed by atoms with Gasteiger partial charge >= 0.3 is 5.97 Å². The molecule has 0 saturated heterocycles. The molecule has 7 nitrogen and oxygen atoms in total. The average molecular weight is 251 g/mol. The van der Waals surface area contributed by atoms with Crippen molar-refractivity contribution in [2.24, 2.45) is 0 Å². The van der Waals surface area contributed by atoms with Gasteiger partial charge in [-0.25, -0.2) is 4.98 Å². The number of fused-ring (bicyclic) bond motifs is 1. The van der Waals surface area contributed by atoms with Crippen molar-refractivity contribution in [3.63, 3.8) is 0 Å². The van der Waals surface area contributed by atoms with E-state index in [2.05, 4.69) is 10.3 Å². The highest BCUT2D eigenvalue weighted by Gasteiger charge is 2.41. The Labute approximate surface area is 103 Å². The van der Waals surface area contributed by atoms with Crippen LogP contribution in [0.4, 0.5) is 5.82 Å². The predicted octanol–water partition coefficient (Wildman–Crippen LogP) is -0.522. The van der Waals surface area contributed by atoms with Gasteiger partial charge in [0.1, 0.15) is 0 Å². The first-order valence-corrected chi connectivity index (χ1v) is 5.35. The Balaban J connectivity index is 2.37. The third-order valence-electron chi connectivity index (χ3n) is 2.78. The topological polar surface area (TPSA) is 91.8 Å². The summed E-state index contributed by atoms with van der Waals surface area (Å²) in [5.41, 5.74) is 0. The summed E-state index contributed by atoms with van der Waals surface area (Å²) in [6, 6.07) is 2.20. The van der Waals surface area contributed by atoms with E-state index in [9.17, 15) is 9.59 Å². The van der Waals surface area contributed by atoms with Crippen molar-refractivity contribution in [1.29, 1.82) is 0 Å². The molecule has 0 saturated carbocycles. The molecule has 2 rings (SSSR count). The molecule has 0 bridgehead atoms. The highest BCUT2D eigenvalue weighted by atomic mass is 16.5. The Morgan fingerprint density at radius 2 is 2.39 bits per heavy atom. The summed E-state index contributed by atoms with van der Waals surface area (Å²) in [6.07, 6.45) is 0.438. The van der Waals surface area contributed by atoms with E-state index >= 15 is 0 Å². The number of hydrogen-bond donors (Lipinski definition) is 2. The number of ether oxygens (including phenoxy) is 1. The van der Waals surface area contributed by atoms with Crippen LogP contribution in [-0.2, 0) is 9.59 Å². The maximum absolute atomic E-state index is 12.1. The number of carbonyl (C=O) groups excluding carboxylic acids is 1. The molecule has 96 valence electrons. The molecule has 18 heavy (non-hydrogen) atoms. The number of carbonyl (C=O) groups is 2. The van der Waals surface area contributed by atoms with Gasteiger partial charge in [-0.15, -0.1) is 0 Å². The second kappa shape index (κ2) is 4.61. The fourth-order valence-corrected chi connectivity index (χ4v) is 1.82. The van der Waals surface area contributed by atoms with Gasteiger partial charge in [0.15, 0.2) is 17.6 Å². The molecule has 0 aliphatic carbocycles. The molecular formula is C11H13N3O4. The Hall–Kier alpha value is -2.15. The molecule has 1 aliphatic rings. The second-order valence-corrected chi connectivity index (χ2v) is 3.87. The van der Waals surface area contributed by atoms with Gasteiger partial charge in [-0.2, -0.15) is 0 Å². The number of nitrogens with zero attached hydrogens (tertiary/aromatic N) is 2. The van der Waals surface area contributed by atoms with Gasteiger partial charge in [-0.05, 0) is 19.2 Å². The lowest BCUT2D eigenvalue weighted by atomic mass is 10.1. The van der Waals surface area contributed by atoms with Crippen LogP contribution in [0, 0.1) is 0 Å². The van der Waals surface area contributed by atoms with Crippen molar-refractivity contribution < 1.29 is 19.4 Å². The van der Waals surface area contributed by atoms with Crippen LogP contribution < -0.4 is 15.0 Å². The fourth-order valence-electron chi connectivity index (χ4n) is 1.82. The van der Waals surface area contributed by atoms with Gasteiger partial charge in [0.2, 0.25) is 6.10 Å². The maximum atomic E-state index is 12.1. The number of anilines is 1. The lowest BCUT2D eigenvalue weighted by Crippen LogP contribution is -2.57. The smallest absolute Gasteiger partial charge is 0.325 e. The number of likely N-dealkylation sites (N-methyl/N-ethyl adjacent to an activating group) is 2. The third kappa shape index (κ3) is 1.88. The van der Waals surface area contributed by atoms with Gasteiger partial charge in [0.25, 0.3) is 5.91 Å². The summed E-state index contributed by atoms with van der Waals surface area (Å²) < 4.78 is 5.43. The van der Waals surface area contributed by atoms with Crippen molar-refractivity contribution in [3.05, 3.63) is 18.3 Å². The third-order valence-corrected chi connectivity index (χ3v) is 2.78. The van der Waals surface area contributed by atoms with E-state index in [1.807, 2.05) is 0 Å². The second-order valence-electron chi connectivity index (χ2n) is 3.87. The Morgan fingerprint density at radius 1 is 1.67 bits per heavy atom. The zero-order chi connectivity index (χ0) is 13.3. The molecule has 1 aliphatic heterocycles. The zero-order valence-corrected chi connectivity index (χ0v) is 9.95. The summed E-state index contributed by atoms with van der Waals surface area (Å²) in [7, 11) is 3.01. The number of hydrogen-bond acceptors (Lipinski definition) is 5. The zero-order valence-electron chi connectivity index (χ0n) is 9.95. The lowest BCUT2D eigenvalue weighted by molar-refractivity contribution is -0.146. The minimum Gasteiger partial charge on any atom is -0.480 e. The first kappa shape index (κ1) is 12.3. The minimum atomic E-state index is -1.14. The normalized spacial score (nSPS) is 20.0. The Kier molecular flexibility index (Phi) is 3.15. The highest BCUT2D eigenvalue weighted by Crippen LogP contribution is 2.31. The molecule has 0 radical (unpaired) electrons. The number of aromatic nitrogens is 1. The van der Waals surface area contributed by atoms with Gasteiger partial charge in [0, 0.05) is 13.2 Å². The predicted molar refractivity (Wildman–Crippen MR) is 62.5 cm³/mol. The van der Waals surface area contributed by atoms with E-state index < -0.39 is 24.0 Å². The lowest BCUT2D eigenvalue weighted by Gasteiger charge is -2.33. The molecule has 1 aromatic rings. The quantitative estimate of drug-likeness (QED) is 0.751. The van der Waals surface area contributed by atoms with Crippen molar-refractivity contribution >= 4 is 17.7 Å². The highest BCUT2D eigenvalue weighted by molar-refractivity contribution is 6.01. The summed E-state index contributed by atoms with van der Waals surface area (Å²) in [4.78, 5) is 28.4. The van der Waals surface area contributed by atoms with Crippen LogP contribution in [0.5, 0.6) is 5.75 Å². The van der Waals surface area contributed by atoms with E-state index in [0.717, 1.165) is 0 Å². The number of aliphatic carboxylic acids is 1. The van der Waals surface area contributed by atoms with E-state index in [0.29, 0.717) is 11.6 Å². The number of carboxylic acid groups (broad SMARTS) is 1. The van der Waals surface area contributed by atoms with Crippen molar-refractivity contribution in [3.8, 4) is 5.75 Å². The molecular weight excluding hydrogens is 238 g/mol. The maximum Gasteiger partial charge on any atom is 0.325 e. The van der Waals surface area contributed by atoms with Crippen LogP contribution >= 0.6 is 0 Å².